The van der Waals surface area contributed by atoms with E-state index < -0.39 is 12.1 Å². The summed E-state index contributed by atoms with van der Waals surface area (Å²) in [6.45, 7) is 1.68. The van der Waals surface area contributed by atoms with Crippen LogP contribution in [0.2, 0.25) is 0 Å². The molecule has 1 aliphatic rings. The van der Waals surface area contributed by atoms with Gasteiger partial charge in [0.05, 0.1) is 17.8 Å². The number of hydrogen-bond acceptors (Lipinski definition) is 3. The Bertz CT molecular complexity index is 524. The van der Waals surface area contributed by atoms with Crippen molar-refractivity contribution in [3.8, 4) is 5.75 Å². The van der Waals surface area contributed by atoms with E-state index in [0.29, 0.717) is 11.4 Å². The lowest BCUT2D eigenvalue weighted by Gasteiger charge is -2.11. The van der Waals surface area contributed by atoms with Crippen LogP contribution in [-0.2, 0) is 4.79 Å². The average molecular weight is 258 g/mol. The van der Waals surface area contributed by atoms with Crippen LogP contribution in [0.5, 0.6) is 5.75 Å². The minimum atomic E-state index is -4.76. The minimum Gasteiger partial charge on any atom is -0.406 e. The summed E-state index contributed by atoms with van der Waals surface area (Å²) in [5, 5.41) is 2.48. The van der Waals surface area contributed by atoms with Crippen LogP contribution >= 0.6 is 0 Å². The molecule has 1 N–H and O–H groups in total. The Balaban J connectivity index is 2.35. The molecule has 1 aromatic rings. The Labute approximate surface area is 100 Å². The Morgan fingerprint density at radius 2 is 2.11 bits per heavy atom. The van der Waals surface area contributed by atoms with Crippen LogP contribution in [0.3, 0.4) is 0 Å². The Kier molecular flexibility index (Phi) is 2.98. The summed E-state index contributed by atoms with van der Waals surface area (Å²) in [4.78, 5) is 15.5. The van der Waals surface area contributed by atoms with Crippen molar-refractivity contribution in [2.24, 2.45) is 4.99 Å². The molecular weight excluding hydrogens is 249 g/mol. The molecule has 0 aromatic heterocycles. The van der Waals surface area contributed by atoms with Crippen molar-refractivity contribution in [2.75, 3.05) is 5.32 Å². The SMILES string of the molecule is CC1=Nc2ccc(OC(F)(F)F)cc2NC(=O)C1. The molecule has 0 fully saturated rings. The summed E-state index contributed by atoms with van der Waals surface area (Å²) in [5.74, 6) is -0.713. The van der Waals surface area contributed by atoms with Crippen LogP contribution in [0.1, 0.15) is 13.3 Å². The standard InChI is InChI=1S/C11H9F3N2O2/c1-6-4-10(17)16-9-5-7(18-11(12,13)14)2-3-8(9)15-6/h2-3,5H,4H2,1H3,(H,16,17). The molecule has 1 aliphatic heterocycles. The summed E-state index contributed by atoms with van der Waals surface area (Å²) in [5.41, 5.74) is 1.21. The molecule has 1 aromatic carbocycles. The third-order valence-corrected chi connectivity index (χ3v) is 2.20. The molecule has 2 rings (SSSR count). The number of rotatable bonds is 1. The second-order valence-electron chi connectivity index (χ2n) is 3.80. The van der Waals surface area contributed by atoms with Crippen LogP contribution in [0.25, 0.3) is 0 Å². The first-order valence-electron chi connectivity index (χ1n) is 5.07. The maximum absolute atomic E-state index is 12.1. The van der Waals surface area contributed by atoms with Gasteiger partial charge in [0.15, 0.2) is 0 Å². The largest absolute Gasteiger partial charge is 0.573 e. The highest BCUT2D eigenvalue weighted by atomic mass is 19.4. The van der Waals surface area contributed by atoms with Crippen LogP contribution in [0, 0.1) is 0 Å². The van der Waals surface area contributed by atoms with Crippen LogP contribution < -0.4 is 10.1 Å². The van der Waals surface area contributed by atoms with E-state index in [1.54, 1.807) is 6.92 Å². The summed E-state index contributed by atoms with van der Waals surface area (Å²) in [6, 6.07) is 3.62. The molecule has 1 amide bonds. The predicted octanol–water partition coefficient (Wildman–Crippen LogP) is 3.02. The lowest BCUT2D eigenvalue weighted by Crippen LogP contribution is -2.17. The van der Waals surface area contributed by atoms with Gasteiger partial charge >= 0.3 is 6.36 Å². The van der Waals surface area contributed by atoms with Crippen molar-refractivity contribution < 1.29 is 22.7 Å². The number of carbonyl (C=O) groups is 1. The third kappa shape index (κ3) is 2.99. The number of ether oxygens (including phenoxy) is 1. The van der Waals surface area contributed by atoms with Crippen molar-refractivity contribution in [3.05, 3.63) is 18.2 Å². The lowest BCUT2D eigenvalue weighted by atomic mass is 10.2. The van der Waals surface area contributed by atoms with Crippen molar-refractivity contribution >= 4 is 23.0 Å². The number of anilines is 1. The third-order valence-electron chi connectivity index (χ3n) is 2.20. The fourth-order valence-electron chi connectivity index (χ4n) is 1.58. The molecule has 4 nitrogen and oxygen atoms in total. The highest BCUT2D eigenvalue weighted by Crippen LogP contribution is 2.33. The van der Waals surface area contributed by atoms with Gasteiger partial charge in [-0.25, -0.2) is 0 Å². The van der Waals surface area contributed by atoms with Gasteiger partial charge in [0.1, 0.15) is 5.75 Å². The number of aliphatic imine (C=N–C) groups is 1. The molecule has 0 radical (unpaired) electrons. The zero-order chi connectivity index (χ0) is 13.3. The molecule has 0 saturated carbocycles. The van der Waals surface area contributed by atoms with E-state index in [-0.39, 0.29) is 18.0 Å². The van der Waals surface area contributed by atoms with Gasteiger partial charge in [-0.3, -0.25) is 9.79 Å². The first kappa shape index (κ1) is 12.4. The maximum atomic E-state index is 12.1. The van der Waals surface area contributed by atoms with E-state index in [2.05, 4.69) is 15.0 Å². The fraction of sp³-hybridized carbons (Fsp3) is 0.273. The number of fused-ring (bicyclic) bond motifs is 1. The average Bonchev–Trinajstić information content (AvgIpc) is 2.31. The van der Waals surface area contributed by atoms with E-state index in [0.717, 1.165) is 12.1 Å². The van der Waals surface area contributed by atoms with E-state index in [4.69, 9.17) is 0 Å². The Morgan fingerprint density at radius 3 is 2.78 bits per heavy atom. The molecule has 96 valence electrons. The summed E-state index contributed by atoms with van der Waals surface area (Å²) in [6.07, 6.45) is -4.65. The number of alkyl halides is 3. The molecule has 0 atom stereocenters. The predicted molar refractivity (Wildman–Crippen MR) is 59.1 cm³/mol. The van der Waals surface area contributed by atoms with Crippen molar-refractivity contribution in [2.45, 2.75) is 19.7 Å². The number of halogens is 3. The van der Waals surface area contributed by atoms with Gasteiger partial charge in [0.2, 0.25) is 5.91 Å². The van der Waals surface area contributed by atoms with Gasteiger partial charge in [-0.1, -0.05) is 0 Å². The Morgan fingerprint density at radius 1 is 1.39 bits per heavy atom. The van der Waals surface area contributed by atoms with Gasteiger partial charge in [-0.15, -0.1) is 13.2 Å². The zero-order valence-corrected chi connectivity index (χ0v) is 9.34. The first-order valence-corrected chi connectivity index (χ1v) is 5.07. The second kappa shape index (κ2) is 4.32. The number of nitrogens with one attached hydrogen (secondary N) is 1. The molecule has 18 heavy (non-hydrogen) atoms. The minimum absolute atomic E-state index is 0.115. The molecule has 0 spiro atoms. The Hall–Kier alpha value is -2.05. The van der Waals surface area contributed by atoms with Gasteiger partial charge < -0.3 is 10.1 Å². The van der Waals surface area contributed by atoms with Gasteiger partial charge in [0, 0.05) is 11.8 Å². The van der Waals surface area contributed by atoms with Crippen molar-refractivity contribution in [1.82, 2.24) is 0 Å². The second-order valence-corrected chi connectivity index (χ2v) is 3.80. The van der Waals surface area contributed by atoms with E-state index in [9.17, 15) is 18.0 Å². The van der Waals surface area contributed by atoms with Gasteiger partial charge in [0.25, 0.3) is 0 Å². The smallest absolute Gasteiger partial charge is 0.406 e. The first-order chi connectivity index (χ1) is 8.33. The monoisotopic (exact) mass is 258 g/mol. The summed E-state index contributed by atoms with van der Waals surface area (Å²) in [7, 11) is 0. The van der Waals surface area contributed by atoms with Gasteiger partial charge in [-0.05, 0) is 19.1 Å². The molecule has 0 aliphatic carbocycles. The lowest BCUT2D eigenvalue weighted by molar-refractivity contribution is -0.274. The number of hydrogen-bond donors (Lipinski definition) is 1. The molecular formula is C11H9F3N2O2. The van der Waals surface area contributed by atoms with Crippen molar-refractivity contribution in [3.63, 3.8) is 0 Å². The molecule has 1 heterocycles. The quantitative estimate of drug-likeness (QED) is 0.841. The normalized spacial score (nSPS) is 15.3. The molecule has 0 bridgehead atoms. The topological polar surface area (TPSA) is 50.7 Å². The molecule has 0 unspecified atom stereocenters. The van der Waals surface area contributed by atoms with Gasteiger partial charge in [-0.2, -0.15) is 0 Å². The summed E-state index contributed by atoms with van der Waals surface area (Å²) < 4.78 is 39.9. The fourth-order valence-corrected chi connectivity index (χ4v) is 1.58. The van der Waals surface area contributed by atoms with E-state index >= 15 is 0 Å². The highest BCUT2D eigenvalue weighted by molar-refractivity contribution is 6.09. The zero-order valence-electron chi connectivity index (χ0n) is 9.34. The van der Waals surface area contributed by atoms with Crippen LogP contribution in [-0.4, -0.2) is 18.0 Å². The number of benzene rings is 1. The highest BCUT2D eigenvalue weighted by Gasteiger charge is 2.31. The van der Waals surface area contributed by atoms with E-state index in [1.165, 1.54) is 6.07 Å². The number of nitrogens with zero attached hydrogens (tertiary/aromatic N) is 1. The number of carbonyl (C=O) groups excluding carboxylic acids is 1. The van der Waals surface area contributed by atoms with Crippen LogP contribution in [0.15, 0.2) is 23.2 Å². The molecule has 7 heteroatoms. The number of amides is 1. The van der Waals surface area contributed by atoms with Crippen molar-refractivity contribution in [1.29, 1.82) is 0 Å². The maximum Gasteiger partial charge on any atom is 0.573 e. The molecule has 0 saturated heterocycles. The summed E-state index contributed by atoms with van der Waals surface area (Å²) >= 11 is 0. The van der Waals surface area contributed by atoms with Crippen LogP contribution in [0.4, 0.5) is 24.5 Å². The van der Waals surface area contributed by atoms with E-state index in [1.807, 2.05) is 0 Å².